The van der Waals surface area contributed by atoms with Crippen molar-refractivity contribution < 1.29 is 27.4 Å². The van der Waals surface area contributed by atoms with Gasteiger partial charge in [0.25, 0.3) is 5.91 Å². The first kappa shape index (κ1) is 22.7. The summed E-state index contributed by atoms with van der Waals surface area (Å²) >= 11 is 0. The first-order valence-electron chi connectivity index (χ1n) is 10.6. The van der Waals surface area contributed by atoms with E-state index in [9.17, 15) is 18.0 Å². The summed E-state index contributed by atoms with van der Waals surface area (Å²) in [6, 6.07) is 10.4. The number of aromatic nitrogens is 2. The Balaban J connectivity index is 1.52. The smallest absolute Gasteiger partial charge is 0.416 e. The fourth-order valence-corrected chi connectivity index (χ4v) is 3.79. The van der Waals surface area contributed by atoms with Gasteiger partial charge >= 0.3 is 6.18 Å². The van der Waals surface area contributed by atoms with Crippen LogP contribution in [0.25, 0.3) is 5.69 Å². The average Bonchev–Trinajstić information content (AvgIpc) is 3.55. The zero-order chi connectivity index (χ0) is 23.6. The van der Waals surface area contributed by atoms with Crippen molar-refractivity contribution in [2.75, 3.05) is 20.8 Å². The van der Waals surface area contributed by atoms with Crippen molar-refractivity contribution in [3.63, 3.8) is 0 Å². The van der Waals surface area contributed by atoms with Gasteiger partial charge in [0.15, 0.2) is 0 Å². The van der Waals surface area contributed by atoms with Crippen LogP contribution in [0, 0.1) is 0 Å². The number of carbonyl (C=O) groups excluding carboxylic acids is 1. The fraction of sp³-hybridized carbons (Fsp3) is 0.333. The first-order chi connectivity index (χ1) is 15.8. The van der Waals surface area contributed by atoms with Crippen LogP contribution >= 0.6 is 0 Å². The minimum Gasteiger partial charge on any atom is -0.497 e. The van der Waals surface area contributed by atoms with E-state index in [1.165, 1.54) is 16.9 Å². The molecule has 0 aliphatic heterocycles. The number of amides is 1. The highest BCUT2D eigenvalue weighted by Crippen LogP contribution is 2.43. The van der Waals surface area contributed by atoms with Gasteiger partial charge in [-0.2, -0.15) is 18.3 Å². The molecule has 1 fully saturated rings. The summed E-state index contributed by atoms with van der Waals surface area (Å²) in [6.07, 6.45) is -0.774. The molecule has 0 radical (unpaired) electrons. The highest BCUT2D eigenvalue weighted by Gasteiger charge is 2.34. The molecule has 6 nitrogen and oxygen atoms in total. The number of ether oxygens (including phenoxy) is 2. The Kier molecular flexibility index (Phi) is 6.31. The number of rotatable bonds is 8. The number of benzene rings is 2. The van der Waals surface area contributed by atoms with Crippen LogP contribution in [0.15, 0.2) is 48.7 Å². The molecule has 1 saturated carbocycles. The van der Waals surface area contributed by atoms with Crippen molar-refractivity contribution in [2.45, 2.75) is 31.4 Å². The molecule has 1 N–H and O–H groups in total. The molecule has 1 heterocycles. The summed E-state index contributed by atoms with van der Waals surface area (Å²) in [7, 11) is 3.16. The molecule has 3 aromatic rings. The minimum atomic E-state index is -4.45. The van der Waals surface area contributed by atoms with Crippen LogP contribution in [0.5, 0.6) is 11.5 Å². The Morgan fingerprint density at radius 1 is 1.15 bits per heavy atom. The van der Waals surface area contributed by atoms with E-state index in [0.29, 0.717) is 35.7 Å². The van der Waals surface area contributed by atoms with Crippen LogP contribution in [0.3, 0.4) is 0 Å². The van der Waals surface area contributed by atoms with Crippen LogP contribution in [0.4, 0.5) is 13.2 Å². The van der Waals surface area contributed by atoms with Crippen LogP contribution in [-0.2, 0) is 12.6 Å². The number of nitrogens with zero attached hydrogens (tertiary/aromatic N) is 2. The van der Waals surface area contributed by atoms with Crippen molar-refractivity contribution in [3.8, 4) is 17.2 Å². The van der Waals surface area contributed by atoms with Crippen molar-refractivity contribution in [1.82, 2.24) is 15.1 Å². The predicted octanol–water partition coefficient (Wildman–Crippen LogP) is 4.76. The number of hydrogen-bond acceptors (Lipinski definition) is 4. The number of alkyl halides is 3. The molecule has 1 amide bonds. The topological polar surface area (TPSA) is 65.4 Å². The quantitative estimate of drug-likeness (QED) is 0.528. The van der Waals surface area contributed by atoms with Crippen LogP contribution < -0.4 is 14.8 Å². The molecule has 2 aromatic carbocycles. The van der Waals surface area contributed by atoms with E-state index >= 15 is 0 Å². The maximum absolute atomic E-state index is 13.2. The lowest BCUT2D eigenvalue weighted by Crippen LogP contribution is -2.26. The molecule has 1 aromatic heterocycles. The second-order valence-electron chi connectivity index (χ2n) is 7.86. The molecule has 4 rings (SSSR count). The van der Waals surface area contributed by atoms with E-state index in [0.717, 1.165) is 30.5 Å². The van der Waals surface area contributed by atoms with E-state index in [2.05, 4.69) is 10.4 Å². The van der Waals surface area contributed by atoms with Gasteiger partial charge in [-0.25, -0.2) is 4.68 Å². The van der Waals surface area contributed by atoms with E-state index in [-0.39, 0.29) is 17.5 Å². The van der Waals surface area contributed by atoms with Gasteiger partial charge in [-0.1, -0.05) is 6.07 Å². The van der Waals surface area contributed by atoms with Crippen molar-refractivity contribution in [3.05, 3.63) is 71.0 Å². The van der Waals surface area contributed by atoms with Gasteiger partial charge in [0, 0.05) is 12.5 Å². The monoisotopic (exact) mass is 459 g/mol. The lowest BCUT2D eigenvalue weighted by atomic mass is 10.1. The Morgan fingerprint density at radius 3 is 2.61 bits per heavy atom. The summed E-state index contributed by atoms with van der Waals surface area (Å²) in [5.41, 5.74) is 1.44. The third-order valence-corrected chi connectivity index (χ3v) is 5.60. The molecule has 0 saturated heterocycles. The second-order valence-corrected chi connectivity index (χ2v) is 7.86. The molecule has 0 spiro atoms. The number of methoxy groups -OCH3 is 2. The molecule has 1 aliphatic rings. The number of nitrogens with one attached hydrogen (secondary N) is 1. The van der Waals surface area contributed by atoms with Gasteiger partial charge in [-0.05, 0) is 61.2 Å². The molecule has 0 atom stereocenters. The molecular weight excluding hydrogens is 435 g/mol. The van der Waals surface area contributed by atoms with Gasteiger partial charge in [0.2, 0.25) is 0 Å². The van der Waals surface area contributed by atoms with Crippen molar-refractivity contribution in [2.24, 2.45) is 0 Å². The zero-order valence-corrected chi connectivity index (χ0v) is 18.3. The molecule has 1 aliphatic carbocycles. The summed E-state index contributed by atoms with van der Waals surface area (Å²) in [5, 5.41) is 7.15. The second kappa shape index (κ2) is 9.17. The average molecular weight is 459 g/mol. The van der Waals surface area contributed by atoms with E-state index in [1.54, 1.807) is 32.4 Å². The summed E-state index contributed by atoms with van der Waals surface area (Å²) in [4.78, 5) is 12.9. The van der Waals surface area contributed by atoms with E-state index in [1.807, 2.05) is 6.07 Å². The first-order valence-corrected chi connectivity index (χ1v) is 10.6. The van der Waals surface area contributed by atoms with E-state index in [4.69, 9.17) is 9.47 Å². The normalized spacial score (nSPS) is 13.6. The van der Waals surface area contributed by atoms with Gasteiger partial charge in [0.1, 0.15) is 11.5 Å². The van der Waals surface area contributed by atoms with Gasteiger partial charge in [-0.3, -0.25) is 4.79 Å². The summed E-state index contributed by atoms with van der Waals surface area (Å²) in [6.45, 7) is 0.348. The number of halogens is 3. The van der Waals surface area contributed by atoms with Crippen LogP contribution in [0.1, 0.15) is 45.9 Å². The SMILES string of the molecule is COc1ccc(OC)c(CCNC(=O)c2cnn(-c3cccc(C(F)(F)F)c3)c2C2CC2)c1. The highest BCUT2D eigenvalue weighted by molar-refractivity contribution is 5.95. The lowest BCUT2D eigenvalue weighted by Gasteiger charge is -2.13. The molecule has 9 heteroatoms. The Hall–Kier alpha value is -3.49. The van der Waals surface area contributed by atoms with E-state index < -0.39 is 11.7 Å². The minimum absolute atomic E-state index is 0.0984. The molecule has 174 valence electrons. The fourth-order valence-electron chi connectivity index (χ4n) is 3.79. The summed E-state index contributed by atoms with van der Waals surface area (Å²) < 4.78 is 51.5. The van der Waals surface area contributed by atoms with Crippen molar-refractivity contribution in [1.29, 1.82) is 0 Å². The molecular formula is C24H24F3N3O3. The van der Waals surface area contributed by atoms with Gasteiger partial charge in [0.05, 0.1) is 42.9 Å². The lowest BCUT2D eigenvalue weighted by molar-refractivity contribution is -0.137. The Morgan fingerprint density at radius 2 is 1.94 bits per heavy atom. The highest BCUT2D eigenvalue weighted by atomic mass is 19.4. The van der Waals surface area contributed by atoms with Crippen LogP contribution in [0.2, 0.25) is 0 Å². The molecule has 0 bridgehead atoms. The largest absolute Gasteiger partial charge is 0.497 e. The number of hydrogen-bond donors (Lipinski definition) is 1. The third kappa shape index (κ3) is 4.97. The summed E-state index contributed by atoms with van der Waals surface area (Å²) in [5.74, 6) is 1.18. The number of carbonyl (C=O) groups is 1. The molecule has 33 heavy (non-hydrogen) atoms. The molecule has 0 unspecified atom stereocenters. The standard InChI is InChI=1S/C24H24F3N3O3/c1-32-19-8-9-21(33-2)16(12-19)10-11-28-23(31)20-14-29-30(22(20)15-6-7-15)18-5-3-4-17(13-18)24(25,26)27/h3-5,8-9,12-15H,6-7,10-11H2,1-2H3,(H,28,31). The maximum atomic E-state index is 13.2. The zero-order valence-electron chi connectivity index (χ0n) is 18.3. The van der Waals surface area contributed by atoms with Gasteiger partial charge < -0.3 is 14.8 Å². The van der Waals surface area contributed by atoms with Gasteiger partial charge in [-0.15, -0.1) is 0 Å². The Labute approximate surface area is 189 Å². The predicted molar refractivity (Wildman–Crippen MR) is 116 cm³/mol. The Bertz CT molecular complexity index is 1150. The van der Waals surface area contributed by atoms with Crippen molar-refractivity contribution >= 4 is 5.91 Å². The maximum Gasteiger partial charge on any atom is 0.416 e. The van der Waals surface area contributed by atoms with Crippen LogP contribution in [-0.4, -0.2) is 36.5 Å². The third-order valence-electron chi connectivity index (χ3n) is 5.60.